The van der Waals surface area contributed by atoms with Crippen LogP contribution in [0.5, 0.6) is 0 Å². The Morgan fingerprint density at radius 2 is 1.97 bits per heavy atom. The van der Waals surface area contributed by atoms with Gasteiger partial charge in [0.05, 0.1) is 17.9 Å². The molecule has 8 nitrogen and oxygen atoms in total. The predicted molar refractivity (Wildman–Crippen MR) is 138 cm³/mol. The lowest BCUT2D eigenvalue weighted by Crippen LogP contribution is -2.37. The van der Waals surface area contributed by atoms with Crippen LogP contribution in [-0.2, 0) is 13.0 Å². The van der Waals surface area contributed by atoms with Crippen LogP contribution >= 0.6 is 24.0 Å². The first-order valence-electron chi connectivity index (χ1n) is 10.9. The lowest BCUT2D eigenvalue weighted by atomic mass is 10.2. The van der Waals surface area contributed by atoms with Gasteiger partial charge in [-0.1, -0.05) is 37.2 Å². The van der Waals surface area contributed by atoms with Gasteiger partial charge in [-0.3, -0.25) is 0 Å². The predicted octanol–water partition coefficient (Wildman–Crippen LogP) is 4.30. The van der Waals surface area contributed by atoms with E-state index in [0.717, 1.165) is 60.4 Å². The molecule has 9 heteroatoms. The minimum atomic E-state index is 0. The van der Waals surface area contributed by atoms with E-state index in [9.17, 15) is 0 Å². The summed E-state index contributed by atoms with van der Waals surface area (Å²) in [5, 5.41) is 15.3. The maximum atomic E-state index is 5.31. The van der Waals surface area contributed by atoms with Gasteiger partial charge in [-0.2, -0.15) is 10.1 Å². The first-order chi connectivity index (χ1) is 15.0. The number of rotatable bonds is 9. The number of halogens is 1. The van der Waals surface area contributed by atoms with E-state index < -0.39 is 0 Å². The van der Waals surface area contributed by atoms with Crippen LogP contribution < -0.4 is 10.6 Å². The van der Waals surface area contributed by atoms with E-state index >= 15 is 0 Å². The molecule has 0 aliphatic heterocycles. The number of hydrogen-bond donors (Lipinski definition) is 2. The van der Waals surface area contributed by atoms with E-state index in [0.29, 0.717) is 12.4 Å². The zero-order valence-electron chi connectivity index (χ0n) is 19.6. The van der Waals surface area contributed by atoms with Crippen molar-refractivity contribution in [3.63, 3.8) is 0 Å². The average molecular weight is 551 g/mol. The van der Waals surface area contributed by atoms with Crippen molar-refractivity contribution in [2.45, 2.75) is 59.9 Å². The van der Waals surface area contributed by atoms with Crippen LogP contribution in [0.3, 0.4) is 0 Å². The van der Waals surface area contributed by atoms with E-state index in [4.69, 9.17) is 9.52 Å². The highest BCUT2D eigenvalue weighted by atomic mass is 127. The van der Waals surface area contributed by atoms with Crippen molar-refractivity contribution in [3.05, 3.63) is 59.0 Å². The molecule has 3 aromatic rings. The fraction of sp³-hybridized carbons (Fsp3) is 0.478. The molecule has 1 aromatic carbocycles. The molecule has 0 bridgehead atoms. The van der Waals surface area contributed by atoms with E-state index in [1.807, 2.05) is 23.7 Å². The van der Waals surface area contributed by atoms with Gasteiger partial charge in [-0.25, -0.2) is 9.67 Å². The van der Waals surface area contributed by atoms with Gasteiger partial charge in [0.15, 0.2) is 11.8 Å². The first kappa shape index (κ1) is 25.8. The molecular weight excluding hydrogens is 517 g/mol. The summed E-state index contributed by atoms with van der Waals surface area (Å²) in [7, 11) is 0. The van der Waals surface area contributed by atoms with E-state index in [-0.39, 0.29) is 29.9 Å². The fourth-order valence-electron chi connectivity index (χ4n) is 3.28. The molecule has 0 saturated carbocycles. The molecule has 2 heterocycles. The van der Waals surface area contributed by atoms with E-state index in [1.165, 1.54) is 0 Å². The topological polar surface area (TPSA) is 93.2 Å². The third-order valence-corrected chi connectivity index (χ3v) is 4.84. The summed E-state index contributed by atoms with van der Waals surface area (Å²) in [6.45, 7) is 12.4. The summed E-state index contributed by atoms with van der Waals surface area (Å²) in [6, 6.07) is 10.3. The van der Waals surface area contributed by atoms with Crippen molar-refractivity contribution < 1.29 is 4.52 Å². The second-order valence-corrected chi connectivity index (χ2v) is 7.89. The minimum absolute atomic E-state index is 0. The minimum Gasteiger partial charge on any atom is -0.357 e. The summed E-state index contributed by atoms with van der Waals surface area (Å²) < 4.78 is 7.29. The largest absolute Gasteiger partial charge is 0.357 e. The first-order valence-corrected chi connectivity index (χ1v) is 10.9. The molecule has 174 valence electrons. The van der Waals surface area contributed by atoms with Crippen LogP contribution in [0, 0.1) is 13.8 Å². The summed E-state index contributed by atoms with van der Waals surface area (Å²) >= 11 is 0. The van der Waals surface area contributed by atoms with E-state index in [1.54, 1.807) is 0 Å². The maximum absolute atomic E-state index is 5.31. The van der Waals surface area contributed by atoms with Crippen molar-refractivity contribution in [2.75, 3.05) is 13.1 Å². The summed E-state index contributed by atoms with van der Waals surface area (Å²) in [5.41, 5.74) is 4.30. The Labute approximate surface area is 207 Å². The van der Waals surface area contributed by atoms with Crippen molar-refractivity contribution >= 4 is 29.9 Å². The third kappa shape index (κ3) is 7.04. The van der Waals surface area contributed by atoms with Crippen molar-refractivity contribution in [2.24, 2.45) is 4.99 Å². The molecule has 0 atom stereocenters. The lowest BCUT2D eigenvalue weighted by molar-refractivity contribution is 0.368. The molecule has 0 unspecified atom stereocenters. The lowest BCUT2D eigenvalue weighted by Gasteiger charge is -2.13. The molecule has 0 aliphatic carbocycles. The molecule has 0 amide bonds. The fourth-order valence-corrected chi connectivity index (χ4v) is 3.28. The molecule has 0 radical (unpaired) electrons. The number of para-hydroxylation sites is 1. The number of guanidine groups is 1. The van der Waals surface area contributed by atoms with Gasteiger partial charge in [0.25, 0.3) is 0 Å². The van der Waals surface area contributed by atoms with Gasteiger partial charge < -0.3 is 15.2 Å². The molecule has 32 heavy (non-hydrogen) atoms. The Balaban J connectivity index is 0.00000363. The van der Waals surface area contributed by atoms with Crippen LogP contribution in [0.4, 0.5) is 0 Å². The van der Waals surface area contributed by atoms with Gasteiger partial charge in [-0.15, -0.1) is 24.0 Å². The quantitative estimate of drug-likeness (QED) is 0.178. The zero-order valence-corrected chi connectivity index (χ0v) is 21.9. The molecule has 0 fully saturated rings. The van der Waals surface area contributed by atoms with Gasteiger partial charge in [-0.05, 0) is 44.9 Å². The summed E-state index contributed by atoms with van der Waals surface area (Å²) in [6.07, 6.45) is 1.62. The molecular formula is C23H34IN7O. The monoisotopic (exact) mass is 551 g/mol. The van der Waals surface area contributed by atoms with Crippen LogP contribution in [0.2, 0.25) is 0 Å². The number of nitrogens with one attached hydrogen (secondary N) is 2. The standard InChI is InChI=1S/C23H33N7O.HI/c1-6-24-23(25-13-9-12-21-27-22(16(2)3)29-31-21)26-15-19-10-7-8-11-20(19)30-18(5)14-17(4)28-30;/h7-8,10-11,14,16H,6,9,12-13,15H2,1-5H3,(H2,24,25,26);1H. The smallest absolute Gasteiger partial charge is 0.226 e. The molecule has 0 aliphatic rings. The number of nitrogens with zero attached hydrogens (tertiary/aromatic N) is 5. The number of aliphatic imine (C=N–C) groups is 1. The van der Waals surface area contributed by atoms with Gasteiger partial charge >= 0.3 is 0 Å². The van der Waals surface area contributed by atoms with Gasteiger partial charge in [0.1, 0.15) is 0 Å². The maximum Gasteiger partial charge on any atom is 0.226 e. The van der Waals surface area contributed by atoms with Crippen LogP contribution in [0.1, 0.15) is 61.8 Å². The second kappa shape index (κ2) is 12.6. The molecule has 2 N–H and O–H groups in total. The van der Waals surface area contributed by atoms with Crippen LogP contribution in [0.25, 0.3) is 5.69 Å². The van der Waals surface area contributed by atoms with Crippen molar-refractivity contribution in [1.29, 1.82) is 0 Å². The number of benzene rings is 1. The van der Waals surface area contributed by atoms with Gasteiger partial charge in [0.2, 0.25) is 5.89 Å². The number of aryl methyl sites for hydroxylation is 3. The Morgan fingerprint density at radius 3 is 2.62 bits per heavy atom. The molecule has 3 rings (SSSR count). The number of aromatic nitrogens is 4. The summed E-state index contributed by atoms with van der Waals surface area (Å²) in [4.78, 5) is 9.21. The third-order valence-electron chi connectivity index (χ3n) is 4.84. The molecule has 0 spiro atoms. The van der Waals surface area contributed by atoms with Crippen LogP contribution in [0.15, 0.2) is 39.8 Å². The Hall–Kier alpha value is -2.43. The molecule has 0 saturated heterocycles. The summed E-state index contributed by atoms with van der Waals surface area (Å²) in [5.74, 6) is 2.52. The Kier molecular flexibility index (Phi) is 10.1. The molecule has 2 aromatic heterocycles. The Bertz CT molecular complexity index is 1010. The van der Waals surface area contributed by atoms with Crippen molar-refractivity contribution in [3.8, 4) is 5.69 Å². The van der Waals surface area contributed by atoms with E-state index in [2.05, 4.69) is 71.8 Å². The van der Waals surface area contributed by atoms with Crippen LogP contribution in [-0.4, -0.2) is 39.0 Å². The second-order valence-electron chi connectivity index (χ2n) is 7.89. The highest BCUT2D eigenvalue weighted by molar-refractivity contribution is 14.0. The highest BCUT2D eigenvalue weighted by Crippen LogP contribution is 2.18. The SMILES string of the molecule is CCNC(=NCc1ccccc1-n1nc(C)cc1C)NCCCc1nc(C(C)C)no1.I. The normalized spacial score (nSPS) is 11.5. The Morgan fingerprint density at radius 1 is 1.19 bits per heavy atom. The van der Waals surface area contributed by atoms with Gasteiger partial charge in [0, 0.05) is 31.1 Å². The van der Waals surface area contributed by atoms with Crippen molar-refractivity contribution in [1.82, 2.24) is 30.6 Å². The number of hydrogen-bond acceptors (Lipinski definition) is 5. The highest BCUT2D eigenvalue weighted by Gasteiger charge is 2.10. The average Bonchev–Trinajstić information content (AvgIpc) is 3.35. The zero-order chi connectivity index (χ0) is 22.2.